The number of halogens is 1. The van der Waals surface area contributed by atoms with Crippen LogP contribution in [0.3, 0.4) is 0 Å². The fraction of sp³-hybridized carbons (Fsp3) is 0.0526. The molecule has 0 saturated carbocycles. The molecule has 7 heteroatoms. The first-order valence-corrected chi connectivity index (χ1v) is 8.29. The van der Waals surface area contributed by atoms with E-state index >= 15 is 0 Å². The van der Waals surface area contributed by atoms with E-state index in [1.165, 1.54) is 0 Å². The van der Waals surface area contributed by atoms with Crippen LogP contribution in [0.5, 0.6) is 0 Å². The van der Waals surface area contributed by atoms with Crippen molar-refractivity contribution in [3.8, 4) is 17.1 Å². The van der Waals surface area contributed by atoms with E-state index in [1.54, 1.807) is 59.4 Å². The van der Waals surface area contributed by atoms with Crippen molar-refractivity contribution in [2.75, 3.05) is 0 Å². The van der Waals surface area contributed by atoms with Gasteiger partial charge < -0.3 is 4.57 Å². The molecule has 2 aliphatic rings. The fourth-order valence-electron chi connectivity index (χ4n) is 2.81. The van der Waals surface area contributed by atoms with Crippen LogP contribution in [0.1, 0.15) is 5.56 Å². The highest BCUT2D eigenvalue weighted by molar-refractivity contribution is 6.29. The number of aromatic nitrogens is 4. The van der Waals surface area contributed by atoms with Crippen molar-refractivity contribution < 1.29 is 0 Å². The minimum absolute atomic E-state index is 0.338. The van der Waals surface area contributed by atoms with Gasteiger partial charge in [0.05, 0.1) is 17.8 Å². The Hall–Kier alpha value is -3.25. The third-order valence-corrected chi connectivity index (χ3v) is 4.25. The van der Waals surface area contributed by atoms with Gasteiger partial charge in [-0.15, -0.1) is 0 Å². The zero-order chi connectivity index (χ0) is 18.1. The van der Waals surface area contributed by atoms with E-state index in [2.05, 4.69) is 9.97 Å². The molecule has 1 aromatic carbocycles. The molecule has 128 valence electrons. The number of para-hydroxylation sites is 1. The highest BCUT2D eigenvalue weighted by Gasteiger charge is 2.17. The summed E-state index contributed by atoms with van der Waals surface area (Å²) < 4.78 is 2.83. The zero-order valence-electron chi connectivity index (χ0n) is 13.5. The lowest BCUT2D eigenvalue weighted by molar-refractivity contribution is 0.750. The summed E-state index contributed by atoms with van der Waals surface area (Å²) in [4.78, 5) is 33.6. The fourth-order valence-corrected chi connectivity index (χ4v) is 2.92. The lowest BCUT2D eigenvalue weighted by atomic mass is 10.2. The van der Waals surface area contributed by atoms with Crippen LogP contribution in [0, 0.1) is 0 Å². The van der Waals surface area contributed by atoms with Crippen LogP contribution in [0.4, 0.5) is 0 Å². The van der Waals surface area contributed by atoms with Crippen molar-refractivity contribution in [2.24, 2.45) is 0 Å². The Kier molecular flexibility index (Phi) is 4.10. The van der Waals surface area contributed by atoms with Gasteiger partial charge in [-0.2, -0.15) is 4.98 Å². The third kappa shape index (κ3) is 2.91. The average Bonchev–Trinajstić information content (AvgIpc) is 2.65. The van der Waals surface area contributed by atoms with Gasteiger partial charge in [-0.05, 0) is 35.9 Å². The number of fused-ring (bicyclic) bond motifs is 1. The maximum absolute atomic E-state index is 12.9. The van der Waals surface area contributed by atoms with Crippen LogP contribution >= 0.6 is 11.6 Å². The highest BCUT2D eigenvalue weighted by atomic mass is 35.5. The number of hydrogen-bond acceptors (Lipinski definition) is 4. The molecule has 0 atom stereocenters. The molecule has 3 heterocycles. The van der Waals surface area contributed by atoms with Gasteiger partial charge in [0.15, 0.2) is 5.82 Å². The Bertz CT molecular complexity index is 1150. The summed E-state index contributed by atoms with van der Waals surface area (Å²) in [6.45, 7) is 0.419. The van der Waals surface area contributed by atoms with Crippen LogP contribution in [-0.4, -0.2) is 19.1 Å². The normalized spacial score (nSPS) is 11.0. The summed E-state index contributed by atoms with van der Waals surface area (Å²) in [5.41, 5.74) is 0.748. The first-order chi connectivity index (χ1) is 12.6. The van der Waals surface area contributed by atoms with Gasteiger partial charge in [0.25, 0.3) is 5.56 Å². The van der Waals surface area contributed by atoms with Crippen molar-refractivity contribution >= 4 is 11.6 Å². The third-order valence-electron chi connectivity index (χ3n) is 4.02. The van der Waals surface area contributed by atoms with Crippen LogP contribution < -0.4 is 11.2 Å². The van der Waals surface area contributed by atoms with E-state index < -0.39 is 11.2 Å². The largest absolute Gasteiger partial charge is 0.357 e. The van der Waals surface area contributed by atoms with E-state index in [0.717, 1.165) is 10.1 Å². The molecule has 26 heavy (non-hydrogen) atoms. The second kappa shape index (κ2) is 6.57. The van der Waals surface area contributed by atoms with Crippen molar-refractivity contribution in [3.05, 3.63) is 98.5 Å². The molecular weight excluding hydrogens is 352 g/mol. The van der Waals surface area contributed by atoms with Gasteiger partial charge in [0.2, 0.25) is 0 Å². The van der Waals surface area contributed by atoms with Crippen LogP contribution in [0.25, 0.3) is 17.1 Å². The minimum atomic E-state index is -0.608. The van der Waals surface area contributed by atoms with Crippen LogP contribution in [0.15, 0.2) is 76.6 Å². The van der Waals surface area contributed by atoms with E-state index in [0.29, 0.717) is 28.8 Å². The molecular formula is C19H13ClN4O2. The quantitative estimate of drug-likeness (QED) is 0.524. The van der Waals surface area contributed by atoms with Crippen molar-refractivity contribution in [1.82, 2.24) is 19.1 Å². The van der Waals surface area contributed by atoms with Gasteiger partial charge in [0, 0.05) is 12.4 Å². The second-order valence-corrected chi connectivity index (χ2v) is 6.12. The van der Waals surface area contributed by atoms with Crippen molar-refractivity contribution in [1.29, 1.82) is 0 Å². The number of pyridine rings is 2. The SMILES string of the molecule is O=c1nc2n(Cc3ccc(Cl)nc3)cccc-2c(=O)n1-c1ccccc1. The molecule has 0 N–H and O–H groups in total. The summed E-state index contributed by atoms with van der Waals surface area (Å²) in [7, 11) is 0. The number of hydrogen-bond donors (Lipinski definition) is 0. The van der Waals surface area contributed by atoms with Gasteiger partial charge >= 0.3 is 5.69 Å². The second-order valence-electron chi connectivity index (χ2n) is 5.73. The predicted octanol–water partition coefficient (Wildman–Crippen LogP) is 2.60. The molecule has 2 aromatic rings. The molecule has 0 aliphatic carbocycles. The molecule has 0 fully saturated rings. The van der Waals surface area contributed by atoms with E-state index in [1.807, 2.05) is 12.1 Å². The van der Waals surface area contributed by atoms with Gasteiger partial charge in [-0.3, -0.25) is 4.79 Å². The molecule has 0 unspecified atom stereocenters. The maximum atomic E-state index is 12.9. The molecule has 0 bridgehead atoms. The number of benzene rings is 1. The Balaban J connectivity index is 1.87. The summed E-state index contributed by atoms with van der Waals surface area (Å²) >= 11 is 5.81. The molecule has 0 amide bonds. The number of rotatable bonds is 3. The van der Waals surface area contributed by atoms with Crippen molar-refractivity contribution in [2.45, 2.75) is 6.54 Å². The molecule has 0 spiro atoms. The van der Waals surface area contributed by atoms with Gasteiger partial charge in [-0.25, -0.2) is 14.3 Å². The monoisotopic (exact) mass is 364 g/mol. The topological polar surface area (TPSA) is 69.8 Å². The molecule has 6 nitrogen and oxygen atoms in total. The average molecular weight is 365 g/mol. The minimum Gasteiger partial charge on any atom is -0.328 e. The first kappa shape index (κ1) is 16.2. The van der Waals surface area contributed by atoms with E-state index in [-0.39, 0.29) is 0 Å². The van der Waals surface area contributed by atoms with Gasteiger partial charge in [0.1, 0.15) is 5.15 Å². The molecule has 2 aliphatic heterocycles. The zero-order valence-corrected chi connectivity index (χ0v) is 14.3. The molecule has 0 saturated heterocycles. The molecule has 0 radical (unpaired) electrons. The highest BCUT2D eigenvalue weighted by Crippen LogP contribution is 2.16. The predicted molar refractivity (Wildman–Crippen MR) is 99.1 cm³/mol. The summed E-state index contributed by atoms with van der Waals surface area (Å²) in [5.74, 6) is 0.338. The Morgan fingerprint density at radius 3 is 2.50 bits per heavy atom. The summed E-state index contributed by atoms with van der Waals surface area (Å²) in [5, 5.41) is 0.405. The maximum Gasteiger partial charge on any atom is 0.357 e. The smallest absolute Gasteiger partial charge is 0.328 e. The molecule has 4 rings (SSSR count). The lowest BCUT2D eigenvalue weighted by Crippen LogP contribution is -2.36. The number of nitrogens with zero attached hydrogens (tertiary/aromatic N) is 4. The summed E-state index contributed by atoms with van der Waals surface area (Å²) in [6, 6.07) is 15.7. The van der Waals surface area contributed by atoms with Crippen LogP contribution in [-0.2, 0) is 6.54 Å². The Morgan fingerprint density at radius 1 is 0.962 bits per heavy atom. The standard InChI is InChI=1S/C19H13ClN4O2/c20-16-9-8-13(11-21-16)12-23-10-4-7-15-17(23)22-19(26)24(18(15)25)14-5-2-1-3-6-14/h1-11H,12H2. The van der Waals surface area contributed by atoms with E-state index in [9.17, 15) is 9.59 Å². The van der Waals surface area contributed by atoms with Crippen LogP contribution in [0.2, 0.25) is 5.15 Å². The molecule has 1 aromatic heterocycles. The Morgan fingerprint density at radius 2 is 1.77 bits per heavy atom. The van der Waals surface area contributed by atoms with Gasteiger partial charge in [-0.1, -0.05) is 35.9 Å². The summed E-state index contributed by atoms with van der Waals surface area (Å²) in [6.07, 6.45) is 3.42. The van der Waals surface area contributed by atoms with Crippen molar-refractivity contribution in [3.63, 3.8) is 0 Å². The first-order valence-electron chi connectivity index (χ1n) is 7.91. The van der Waals surface area contributed by atoms with E-state index in [4.69, 9.17) is 11.6 Å². The lowest BCUT2D eigenvalue weighted by Gasteiger charge is -2.15. The Labute approximate surface area is 153 Å².